The summed E-state index contributed by atoms with van der Waals surface area (Å²) in [7, 11) is 0. The van der Waals surface area contributed by atoms with Crippen LogP contribution in [-0.4, -0.2) is 24.7 Å². The van der Waals surface area contributed by atoms with Crippen molar-refractivity contribution >= 4 is 17.0 Å². The SMILES string of the molecule is c1cc(CNCCc2nccs2)c2c(c1)NCCO2. The third-order valence-corrected chi connectivity index (χ3v) is 3.91. The molecule has 0 atom stereocenters. The lowest BCUT2D eigenvalue weighted by Crippen LogP contribution is -2.21. The molecule has 0 saturated heterocycles. The Kier molecular flexibility index (Phi) is 3.95. The van der Waals surface area contributed by atoms with Gasteiger partial charge in [0.1, 0.15) is 12.4 Å². The first kappa shape index (κ1) is 12.4. The summed E-state index contributed by atoms with van der Waals surface area (Å²) in [6.45, 7) is 3.39. The van der Waals surface area contributed by atoms with Gasteiger partial charge in [0, 0.05) is 43.2 Å². The lowest BCUT2D eigenvalue weighted by atomic mass is 10.1. The lowest BCUT2D eigenvalue weighted by Gasteiger charge is -2.21. The van der Waals surface area contributed by atoms with Crippen LogP contribution in [0.3, 0.4) is 0 Å². The summed E-state index contributed by atoms with van der Waals surface area (Å²) in [6, 6.07) is 6.24. The van der Waals surface area contributed by atoms with Gasteiger partial charge in [-0.25, -0.2) is 4.98 Å². The van der Waals surface area contributed by atoms with Crippen LogP contribution in [0.4, 0.5) is 5.69 Å². The van der Waals surface area contributed by atoms with E-state index in [9.17, 15) is 0 Å². The number of thiazole rings is 1. The second kappa shape index (κ2) is 6.04. The molecule has 1 aromatic carbocycles. The van der Waals surface area contributed by atoms with Crippen molar-refractivity contribution in [1.82, 2.24) is 10.3 Å². The Morgan fingerprint density at radius 3 is 3.32 bits per heavy atom. The van der Waals surface area contributed by atoms with E-state index in [2.05, 4.69) is 33.8 Å². The van der Waals surface area contributed by atoms with Crippen molar-refractivity contribution in [3.8, 4) is 5.75 Å². The van der Waals surface area contributed by atoms with Crippen LogP contribution in [0.2, 0.25) is 0 Å². The van der Waals surface area contributed by atoms with Gasteiger partial charge >= 0.3 is 0 Å². The molecule has 0 aliphatic carbocycles. The van der Waals surface area contributed by atoms with Crippen LogP contribution in [0.5, 0.6) is 5.75 Å². The molecule has 0 saturated carbocycles. The zero-order valence-electron chi connectivity index (χ0n) is 10.7. The van der Waals surface area contributed by atoms with Crippen molar-refractivity contribution < 1.29 is 4.74 Å². The van der Waals surface area contributed by atoms with E-state index >= 15 is 0 Å². The van der Waals surface area contributed by atoms with Gasteiger partial charge in [0.15, 0.2) is 0 Å². The number of hydrogen-bond donors (Lipinski definition) is 2. The number of anilines is 1. The van der Waals surface area contributed by atoms with Crippen molar-refractivity contribution in [1.29, 1.82) is 0 Å². The van der Waals surface area contributed by atoms with Crippen molar-refractivity contribution in [2.24, 2.45) is 0 Å². The van der Waals surface area contributed by atoms with Crippen LogP contribution < -0.4 is 15.4 Å². The molecule has 0 spiro atoms. The summed E-state index contributed by atoms with van der Waals surface area (Å²) >= 11 is 1.71. The molecular weight excluding hydrogens is 258 g/mol. The fraction of sp³-hybridized carbons (Fsp3) is 0.357. The summed E-state index contributed by atoms with van der Waals surface area (Å²) in [5.74, 6) is 0.996. The van der Waals surface area contributed by atoms with Crippen LogP contribution in [0, 0.1) is 0 Å². The summed E-state index contributed by atoms with van der Waals surface area (Å²) in [6.07, 6.45) is 2.83. The van der Waals surface area contributed by atoms with Crippen molar-refractivity contribution in [3.63, 3.8) is 0 Å². The highest BCUT2D eigenvalue weighted by Gasteiger charge is 2.13. The highest BCUT2D eigenvalue weighted by atomic mass is 32.1. The second-order valence-electron chi connectivity index (χ2n) is 4.42. The van der Waals surface area contributed by atoms with Gasteiger partial charge in [-0.3, -0.25) is 0 Å². The predicted molar refractivity (Wildman–Crippen MR) is 78.0 cm³/mol. The first-order valence-corrected chi connectivity index (χ1v) is 7.39. The molecule has 5 heteroatoms. The normalized spacial score (nSPS) is 13.5. The summed E-state index contributed by atoms with van der Waals surface area (Å²) in [4.78, 5) is 4.27. The summed E-state index contributed by atoms with van der Waals surface area (Å²) < 4.78 is 5.74. The Hall–Kier alpha value is -1.59. The monoisotopic (exact) mass is 275 g/mol. The number of benzene rings is 1. The zero-order chi connectivity index (χ0) is 12.9. The summed E-state index contributed by atoms with van der Waals surface area (Å²) in [5.41, 5.74) is 2.31. The van der Waals surface area contributed by atoms with Gasteiger partial charge in [0.25, 0.3) is 0 Å². The van der Waals surface area contributed by atoms with Crippen LogP contribution in [-0.2, 0) is 13.0 Å². The molecule has 2 heterocycles. The Labute approximate surface area is 116 Å². The van der Waals surface area contributed by atoms with Crippen LogP contribution >= 0.6 is 11.3 Å². The van der Waals surface area contributed by atoms with E-state index in [1.54, 1.807) is 11.3 Å². The van der Waals surface area contributed by atoms with E-state index in [-0.39, 0.29) is 0 Å². The molecule has 19 heavy (non-hydrogen) atoms. The van der Waals surface area contributed by atoms with Crippen molar-refractivity contribution in [2.45, 2.75) is 13.0 Å². The fourth-order valence-corrected chi connectivity index (χ4v) is 2.79. The standard InChI is InChI=1S/C14H17N3OS/c1-2-11(14-12(3-1)16-6-8-18-14)10-15-5-4-13-17-7-9-19-13/h1-3,7,9,15-16H,4-6,8,10H2. The van der Waals surface area contributed by atoms with E-state index in [1.807, 2.05) is 11.6 Å². The molecule has 1 aliphatic rings. The molecule has 1 aromatic heterocycles. The molecule has 1 aliphatic heterocycles. The zero-order valence-corrected chi connectivity index (χ0v) is 11.5. The predicted octanol–water partition coefficient (Wildman–Crippen LogP) is 2.28. The Morgan fingerprint density at radius 1 is 1.42 bits per heavy atom. The number of hydrogen-bond acceptors (Lipinski definition) is 5. The maximum Gasteiger partial charge on any atom is 0.146 e. The first-order valence-electron chi connectivity index (χ1n) is 6.51. The number of nitrogens with zero attached hydrogens (tertiary/aromatic N) is 1. The molecular formula is C14H17N3OS. The van der Waals surface area contributed by atoms with E-state index in [4.69, 9.17) is 4.74 Å². The highest BCUT2D eigenvalue weighted by molar-refractivity contribution is 7.09. The molecule has 2 N–H and O–H groups in total. The first-order chi connectivity index (χ1) is 9.43. The smallest absolute Gasteiger partial charge is 0.146 e. The molecule has 100 valence electrons. The molecule has 2 aromatic rings. The van der Waals surface area contributed by atoms with Gasteiger partial charge in [-0.15, -0.1) is 11.3 Å². The van der Waals surface area contributed by atoms with Crippen molar-refractivity contribution in [2.75, 3.05) is 25.0 Å². The Morgan fingerprint density at radius 2 is 2.42 bits per heavy atom. The van der Waals surface area contributed by atoms with Crippen LogP contribution in [0.15, 0.2) is 29.8 Å². The van der Waals surface area contributed by atoms with Gasteiger partial charge in [-0.05, 0) is 6.07 Å². The average Bonchev–Trinajstić information content (AvgIpc) is 2.97. The number of fused-ring (bicyclic) bond motifs is 1. The second-order valence-corrected chi connectivity index (χ2v) is 5.40. The van der Waals surface area contributed by atoms with E-state index in [1.165, 1.54) is 10.6 Å². The maximum atomic E-state index is 5.74. The molecule has 0 unspecified atom stereocenters. The number of rotatable bonds is 5. The van der Waals surface area contributed by atoms with E-state index in [0.717, 1.165) is 44.1 Å². The molecule has 0 bridgehead atoms. The molecule has 0 radical (unpaired) electrons. The minimum atomic E-state index is 0.739. The van der Waals surface area contributed by atoms with Crippen molar-refractivity contribution in [3.05, 3.63) is 40.3 Å². The van der Waals surface area contributed by atoms with Gasteiger partial charge in [0.05, 0.1) is 10.7 Å². The molecule has 4 nitrogen and oxygen atoms in total. The Bertz CT molecular complexity index is 527. The van der Waals surface area contributed by atoms with E-state index in [0.29, 0.717) is 0 Å². The average molecular weight is 275 g/mol. The van der Waals surface area contributed by atoms with Gasteiger partial charge in [-0.2, -0.15) is 0 Å². The van der Waals surface area contributed by atoms with Gasteiger partial charge < -0.3 is 15.4 Å². The number of aromatic nitrogens is 1. The third-order valence-electron chi connectivity index (χ3n) is 3.08. The minimum Gasteiger partial charge on any atom is -0.489 e. The minimum absolute atomic E-state index is 0.739. The van der Waals surface area contributed by atoms with Gasteiger partial charge in [0.2, 0.25) is 0 Å². The fourth-order valence-electron chi connectivity index (χ4n) is 2.17. The molecule has 3 rings (SSSR count). The molecule has 0 amide bonds. The highest BCUT2D eigenvalue weighted by Crippen LogP contribution is 2.30. The topological polar surface area (TPSA) is 46.2 Å². The van der Waals surface area contributed by atoms with Crippen LogP contribution in [0.25, 0.3) is 0 Å². The third kappa shape index (κ3) is 3.05. The quantitative estimate of drug-likeness (QED) is 0.822. The number of para-hydroxylation sites is 1. The number of ether oxygens (including phenoxy) is 1. The van der Waals surface area contributed by atoms with Crippen LogP contribution in [0.1, 0.15) is 10.6 Å². The largest absolute Gasteiger partial charge is 0.489 e. The van der Waals surface area contributed by atoms with Gasteiger partial charge in [-0.1, -0.05) is 12.1 Å². The Balaban J connectivity index is 1.55. The van der Waals surface area contributed by atoms with E-state index < -0.39 is 0 Å². The maximum absolute atomic E-state index is 5.74. The molecule has 0 fully saturated rings. The number of nitrogens with one attached hydrogen (secondary N) is 2. The summed E-state index contributed by atoms with van der Waals surface area (Å²) in [5, 5.41) is 10.0. The lowest BCUT2D eigenvalue weighted by molar-refractivity contribution is 0.319.